The number of hydrogen-bond acceptors (Lipinski definition) is 4. The lowest BCUT2D eigenvalue weighted by molar-refractivity contribution is 0.456. The fourth-order valence-corrected chi connectivity index (χ4v) is 1.98. The van der Waals surface area contributed by atoms with E-state index in [4.69, 9.17) is 5.84 Å². The summed E-state index contributed by atoms with van der Waals surface area (Å²) in [6.07, 6.45) is 1.66. The van der Waals surface area contributed by atoms with Crippen LogP contribution < -0.4 is 11.3 Å². The van der Waals surface area contributed by atoms with Crippen molar-refractivity contribution in [3.05, 3.63) is 47.5 Å². The van der Waals surface area contributed by atoms with Crippen LogP contribution in [0.25, 0.3) is 0 Å². The second-order valence-corrected chi connectivity index (χ2v) is 4.05. The van der Waals surface area contributed by atoms with Gasteiger partial charge in [0.2, 0.25) is 0 Å². The van der Waals surface area contributed by atoms with E-state index in [-0.39, 0.29) is 12.0 Å². The summed E-state index contributed by atoms with van der Waals surface area (Å²) in [6.45, 7) is 2.54. The van der Waals surface area contributed by atoms with Gasteiger partial charge < -0.3 is 0 Å². The van der Waals surface area contributed by atoms with Gasteiger partial charge in [-0.15, -0.1) is 0 Å². The first-order valence-electron chi connectivity index (χ1n) is 5.94. The van der Waals surface area contributed by atoms with Crippen LogP contribution >= 0.6 is 0 Å². The van der Waals surface area contributed by atoms with Crippen molar-refractivity contribution in [3.63, 3.8) is 0 Å². The fourth-order valence-electron chi connectivity index (χ4n) is 1.98. The van der Waals surface area contributed by atoms with Crippen molar-refractivity contribution in [2.45, 2.75) is 25.9 Å². The second-order valence-electron chi connectivity index (χ2n) is 4.05. The van der Waals surface area contributed by atoms with Crippen LogP contribution in [0.1, 0.15) is 24.4 Å². The maximum Gasteiger partial charge on any atom is 0.138 e. The Labute approximate surface area is 109 Å². The van der Waals surface area contributed by atoms with Gasteiger partial charge >= 0.3 is 0 Å². The number of hydrazine groups is 1. The van der Waals surface area contributed by atoms with Crippen LogP contribution in [0.5, 0.6) is 0 Å². The van der Waals surface area contributed by atoms with E-state index in [2.05, 4.69) is 15.5 Å². The van der Waals surface area contributed by atoms with E-state index in [0.717, 1.165) is 0 Å². The smallest absolute Gasteiger partial charge is 0.138 e. The van der Waals surface area contributed by atoms with E-state index in [1.807, 2.05) is 6.92 Å². The van der Waals surface area contributed by atoms with Crippen LogP contribution in [0.3, 0.4) is 0 Å². The van der Waals surface area contributed by atoms with Crippen molar-refractivity contribution in [2.24, 2.45) is 5.84 Å². The summed E-state index contributed by atoms with van der Waals surface area (Å²) in [5.41, 5.74) is 2.34. The molecule has 5 nitrogen and oxygen atoms in total. The van der Waals surface area contributed by atoms with Gasteiger partial charge in [-0.1, -0.05) is 6.07 Å². The molecule has 0 spiro atoms. The molecule has 2 aromatic rings. The molecule has 0 saturated carbocycles. The first kappa shape index (κ1) is 13.6. The molecule has 2 rings (SSSR count). The lowest BCUT2D eigenvalue weighted by Crippen LogP contribution is -2.32. The Balaban J connectivity index is 2.30. The number of hydrogen-bond donors (Lipinski definition) is 2. The molecular weight excluding hydrogens is 252 g/mol. The van der Waals surface area contributed by atoms with Crippen LogP contribution in [0.2, 0.25) is 0 Å². The van der Waals surface area contributed by atoms with Gasteiger partial charge in [-0.05, 0) is 19.1 Å². The van der Waals surface area contributed by atoms with Gasteiger partial charge in [0.25, 0.3) is 0 Å². The highest BCUT2D eigenvalue weighted by molar-refractivity contribution is 5.24. The molecule has 19 heavy (non-hydrogen) atoms. The normalized spacial score (nSPS) is 12.6. The average molecular weight is 267 g/mol. The Morgan fingerprint density at radius 2 is 2.05 bits per heavy atom. The van der Waals surface area contributed by atoms with Gasteiger partial charge in [0.15, 0.2) is 0 Å². The summed E-state index contributed by atoms with van der Waals surface area (Å²) in [6, 6.07) is 3.02. The Morgan fingerprint density at radius 3 is 2.63 bits per heavy atom. The molecule has 0 aliphatic carbocycles. The quantitative estimate of drug-likeness (QED) is 0.633. The largest absolute Gasteiger partial charge is 0.271 e. The maximum atomic E-state index is 13.7. The summed E-state index contributed by atoms with van der Waals surface area (Å²) >= 11 is 0. The summed E-state index contributed by atoms with van der Waals surface area (Å²) < 4.78 is 29.1. The Hall–Kier alpha value is -1.86. The maximum absolute atomic E-state index is 13.7. The molecular formula is C12H15F2N5. The lowest BCUT2D eigenvalue weighted by Gasteiger charge is -2.17. The third-order valence-electron chi connectivity index (χ3n) is 2.93. The van der Waals surface area contributed by atoms with E-state index >= 15 is 0 Å². The Morgan fingerprint density at radius 1 is 1.37 bits per heavy atom. The van der Waals surface area contributed by atoms with Crippen molar-refractivity contribution in [1.29, 1.82) is 0 Å². The summed E-state index contributed by atoms with van der Waals surface area (Å²) in [5.74, 6) is 4.76. The average Bonchev–Trinajstić information content (AvgIpc) is 2.84. The zero-order chi connectivity index (χ0) is 13.8. The monoisotopic (exact) mass is 267 g/mol. The van der Waals surface area contributed by atoms with Crippen LogP contribution in [-0.2, 0) is 13.0 Å². The molecule has 0 amide bonds. The Bertz CT molecular complexity index is 535. The number of halogens is 2. The molecule has 1 aromatic heterocycles. The van der Waals surface area contributed by atoms with E-state index in [0.29, 0.717) is 12.4 Å². The highest BCUT2D eigenvalue weighted by Gasteiger charge is 2.21. The number of benzene rings is 1. The van der Waals surface area contributed by atoms with Gasteiger partial charge in [-0.2, -0.15) is 5.10 Å². The highest BCUT2D eigenvalue weighted by Crippen LogP contribution is 2.22. The van der Waals surface area contributed by atoms with E-state index in [1.165, 1.54) is 24.5 Å². The zero-order valence-electron chi connectivity index (χ0n) is 10.5. The molecule has 7 heteroatoms. The number of aryl methyl sites for hydroxylation is 1. The Kier molecular flexibility index (Phi) is 4.18. The van der Waals surface area contributed by atoms with E-state index < -0.39 is 17.7 Å². The minimum Gasteiger partial charge on any atom is -0.271 e. The van der Waals surface area contributed by atoms with Crippen LogP contribution in [0.15, 0.2) is 24.5 Å². The predicted molar refractivity (Wildman–Crippen MR) is 65.8 cm³/mol. The zero-order valence-corrected chi connectivity index (χ0v) is 10.5. The molecule has 0 bridgehead atoms. The fraction of sp³-hybridized carbons (Fsp3) is 0.333. The number of nitrogens with one attached hydrogen (secondary N) is 1. The number of aromatic nitrogens is 3. The van der Waals surface area contributed by atoms with Gasteiger partial charge in [-0.3, -0.25) is 16.0 Å². The van der Waals surface area contributed by atoms with Crippen LogP contribution in [0.4, 0.5) is 8.78 Å². The molecule has 0 fully saturated rings. The van der Waals surface area contributed by atoms with E-state index in [1.54, 1.807) is 4.68 Å². The number of nitrogens with zero attached hydrogens (tertiary/aromatic N) is 3. The van der Waals surface area contributed by atoms with Gasteiger partial charge in [0.1, 0.15) is 23.8 Å². The highest BCUT2D eigenvalue weighted by atomic mass is 19.1. The lowest BCUT2D eigenvalue weighted by atomic mass is 10.0. The number of nitrogens with two attached hydrogens (primary N) is 1. The number of rotatable bonds is 5. The summed E-state index contributed by atoms with van der Waals surface area (Å²) in [7, 11) is 0. The third kappa shape index (κ3) is 2.77. The molecule has 0 aliphatic rings. The van der Waals surface area contributed by atoms with Crippen LogP contribution in [0, 0.1) is 11.6 Å². The molecule has 1 aromatic carbocycles. The second kappa shape index (κ2) is 5.85. The SMILES string of the molecule is CCn1ncnc1CC(NN)c1c(F)cccc1F. The summed E-state index contributed by atoms with van der Waals surface area (Å²) in [5, 5.41) is 4.01. The summed E-state index contributed by atoms with van der Waals surface area (Å²) in [4.78, 5) is 4.07. The molecule has 1 heterocycles. The van der Waals surface area contributed by atoms with Crippen molar-refractivity contribution >= 4 is 0 Å². The van der Waals surface area contributed by atoms with Gasteiger partial charge in [-0.25, -0.2) is 13.8 Å². The standard InChI is InChI=1S/C12H15F2N5/c1-2-19-11(16-7-17-19)6-10(18-15)12-8(13)4-3-5-9(12)14/h3-5,7,10,18H,2,6,15H2,1H3. The first-order chi connectivity index (χ1) is 9.17. The van der Waals surface area contributed by atoms with E-state index in [9.17, 15) is 8.78 Å². The van der Waals surface area contributed by atoms with Crippen molar-refractivity contribution in [3.8, 4) is 0 Å². The molecule has 102 valence electrons. The molecule has 0 saturated heterocycles. The topological polar surface area (TPSA) is 68.8 Å². The van der Waals surface area contributed by atoms with Crippen molar-refractivity contribution in [1.82, 2.24) is 20.2 Å². The minimum atomic E-state index is -0.698. The minimum absolute atomic E-state index is 0.0874. The third-order valence-corrected chi connectivity index (χ3v) is 2.93. The van der Waals surface area contributed by atoms with Crippen molar-refractivity contribution < 1.29 is 8.78 Å². The van der Waals surface area contributed by atoms with Crippen LogP contribution in [-0.4, -0.2) is 14.8 Å². The molecule has 0 radical (unpaired) electrons. The van der Waals surface area contributed by atoms with Gasteiger partial charge in [0.05, 0.1) is 6.04 Å². The molecule has 0 aliphatic heterocycles. The van der Waals surface area contributed by atoms with Gasteiger partial charge in [0, 0.05) is 18.5 Å². The molecule has 1 unspecified atom stereocenters. The van der Waals surface area contributed by atoms with Crippen molar-refractivity contribution in [2.75, 3.05) is 0 Å². The first-order valence-corrected chi connectivity index (χ1v) is 5.94. The molecule has 1 atom stereocenters. The predicted octanol–water partition coefficient (Wildman–Crippen LogP) is 1.32. The molecule has 3 N–H and O–H groups in total.